The van der Waals surface area contributed by atoms with E-state index in [4.69, 9.17) is 19.0 Å². The molecule has 5 heteroatoms. The van der Waals surface area contributed by atoms with Crippen molar-refractivity contribution in [3.8, 4) is 11.5 Å². The summed E-state index contributed by atoms with van der Waals surface area (Å²) in [6, 6.07) is 10.9. The number of hydrogen-bond donors (Lipinski definition) is 1. The highest BCUT2D eigenvalue weighted by atomic mass is 16.5. The second-order valence-electron chi connectivity index (χ2n) is 6.03. The summed E-state index contributed by atoms with van der Waals surface area (Å²) in [5, 5.41) is 9.91. The maximum atomic E-state index is 11.0. The van der Waals surface area contributed by atoms with Crippen molar-refractivity contribution in [1.29, 1.82) is 0 Å². The number of fused-ring (bicyclic) bond motifs is 1. The standard InChI is InChI=1S/C21H20O5/c1-13(2)17-10-15(20(24-3)16-8-9-25-21(16)17)12-26-18-7-5-4-6-14(18)11-19(22)23/h4-10H,1,11-12H2,2-3H3,(H,22,23). The largest absolute Gasteiger partial charge is 0.496 e. The van der Waals surface area contributed by atoms with Crippen molar-refractivity contribution in [2.45, 2.75) is 20.0 Å². The van der Waals surface area contributed by atoms with E-state index in [-0.39, 0.29) is 13.0 Å². The van der Waals surface area contributed by atoms with Crippen LogP contribution >= 0.6 is 0 Å². The zero-order valence-corrected chi connectivity index (χ0v) is 14.7. The molecule has 0 unspecified atom stereocenters. The molecule has 0 aliphatic carbocycles. The van der Waals surface area contributed by atoms with E-state index in [2.05, 4.69) is 6.58 Å². The second kappa shape index (κ2) is 7.35. The summed E-state index contributed by atoms with van der Waals surface area (Å²) >= 11 is 0. The van der Waals surface area contributed by atoms with Crippen LogP contribution in [0.3, 0.4) is 0 Å². The van der Waals surface area contributed by atoms with Crippen molar-refractivity contribution in [2.75, 3.05) is 7.11 Å². The van der Waals surface area contributed by atoms with E-state index in [1.807, 2.05) is 25.1 Å². The summed E-state index contributed by atoms with van der Waals surface area (Å²) < 4.78 is 17.1. The topological polar surface area (TPSA) is 68.9 Å². The third-order valence-corrected chi connectivity index (χ3v) is 4.13. The Kier molecular flexibility index (Phi) is 4.98. The molecule has 0 saturated heterocycles. The number of ether oxygens (including phenoxy) is 2. The second-order valence-corrected chi connectivity index (χ2v) is 6.03. The molecule has 1 heterocycles. The van der Waals surface area contributed by atoms with Crippen LogP contribution in [0.25, 0.3) is 16.5 Å². The molecule has 0 bridgehead atoms. The highest BCUT2D eigenvalue weighted by molar-refractivity contribution is 5.94. The molecule has 0 atom stereocenters. The number of benzene rings is 2. The monoisotopic (exact) mass is 352 g/mol. The van der Waals surface area contributed by atoms with Crippen LogP contribution in [0.15, 0.2) is 53.7 Å². The van der Waals surface area contributed by atoms with Crippen LogP contribution in [0.5, 0.6) is 11.5 Å². The van der Waals surface area contributed by atoms with Gasteiger partial charge in [-0.05, 0) is 30.7 Å². The van der Waals surface area contributed by atoms with E-state index in [1.165, 1.54) is 0 Å². The first-order chi connectivity index (χ1) is 12.5. The predicted molar refractivity (Wildman–Crippen MR) is 99.6 cm³/mol. The third kappa shape index (κ3) is 3.42. The van der Waals surface area contributed by atoms with Gasteiger partial charge < -0.3 is 19.0 Å². The molecule has 3 rings (SSSR count). The van der Waals surface area contributed by atoms with E-state index < -0.39 is 5.97 Å². The first-order valence-electron chi connectivity index (χ1n) is 8.16. The number of allylic oxidation sites excluding steroid dienone is 1. The number of carboxylic acid groups (broad SMARTS) is 1. The molecule has 0 spiro atoms. The van der Waals surface area contributed by atoms with E-state index in [9.17, 15) is 4.79 Å². The van der Waals surface area contributed by atoms with Gasteiger partial charge in [0.2, 0.25) is 0 Å². The molecule has 0 saturated carbocycles. The Hall–Kier alpha value is -3.21. The molecule has 1 N–H and O–H groups in total. The summed E-state index contributed by atoms with van der Waals surface area (Å²) in [6.07, 6.45) is 1.53. The van der Waals surface area contributed by atoms with Crippen LogP contribution in [-0.4, -0.2) is 18.2 Å². The summed E-state index contributed by atoms with van der Waals surface area (Å²) in [5.74, 6) is 0.318. The van der Waals surface area contributed by atoms with Gasteiger partial charge in [0.1, 0.15) is 23.7 Å². The molecular weight excluding hydrogens is 332 g/mol. The zero-order chi connectivity index (χ0) is 18.7. The van der Waals surface area contributed by atoms with Gasteiger partial charge in [-0.25, -0.2) is 0 Å². The highest BCUT2D eigenvalue weighted by Gasteiger charge is 2.17. The molecule has 0 fully saturated rings. The maximum Gasteiger partial charge on any atom is 0.307 e. The molecule has 0 amide bonds. The number of aliphatic carboxylic acids is 1. The summed E-state index contributed by atoms with van der Waals surface area (Å²) in [7, 11) is 1.60. The van der Waals surface area contributed by atoms with Crippen LogP contribution in [0.2, 0.25) is 0 Å². The molecule has 26 heavy (non-hydrogen) atoms. The Morgan fingerprint density at radius 1 is 1.23 bits per heavy atom. The Labute approximate surface area is 151 Å². The van der Waals surface area contributed by atoms with Crippen LogP contribution in [-0.2, 0) is 17.8 Å². The Bertz CT molecular complexity index is 968. The van der Waals surface area contributed by atoms with Gasteiger partial charge in [0.05, 0.1) is 25.2 Å². The van der Waals surface area contributed by atoms with Crippen molar-refractivity contribution >= 4 is 22.5 Å². The molecule has 1 aromatic heterocycles. The maximum absolute atomic E-state index is 11.0. The van der Waals surface area contributed by atoms with Gasteiger partial charge in [-0.2, -0.15) is 0 Å². The lowest BCUT2D eigenvalue weighted by atomic mass is 10.0. The molecule has 0 radical (unpaired) electrons. The summed E-state index contributed by atoms with van der Waals surface area (Å²) in [5.41, 5.74) is 3.96. The quantitative estimate of drug-likeness (QED) is 0.668. The predicted octanol–water partition coefficient (Wildman–Crippen LogP) is 4.68. The van der Waals surface area contributed by atoms with E-state index >= 15 is 0 Å². The molecule has 2 aromatic carbocycles. The molecule has 5 nitrogen and oxygen atoms in total. The molecule has 0 aliphatic heterocycles. The molecule has 134 valence electrons. The van der Waals surface area contributed by atoms with Gasteiger partial charge in [0, 0.05) is 16.7 Å². The zero-order valence-electron chi connectivity index (χ0n) is 14.7. The minimum Gasteiger partial charge on any atom is -0.496 e. The average molecular weight is 352 g/mol. The lowest BCUT2D eigenvalue weighted by Crippen LogP contribution is -2.05. The Morgan fingerprint density at radius 3 is 2.69 bits per heavy atom. The van der Waals surface area contributed by atoms with Crippen molar-refractivity contribution in [2.24, 2.45) is 0 Å². The van der Waals surface area contributed by atoms with E-state index in [0.29, 0.717) is 17.1 Å². The number of para-hydroxylation sites is 1. The number of rotatable bonds is 7. The summed E-state index contributed by atoms with van der Waals surface area (Å²) in [6.45, 7) is 6.16. The lowest BCUT2D eigenvalue weighted by Gasteiger charge is -2.15. The smallest absolute Gasteiger partial charge is 0.307 e. The number of carbonyl (C=O) groups is 1. The van der Waals surface area contributed by atoms with Crippen molar-refractivity contribution < 1.29 is 23.8 Å². The number of furan rings is 1. The van der Waals surface area contributed by atoms with E-state index in [1.54, 1.807) is 31.6 Å². The SMILES string of the molecule is C=C(C)c1cc(COc2ccccc2CC(=O)O)c(OC)c2ccoc12. The number of methoxy groups -OCH3 is 1. The fraction of sp³-hybridized carbons (Fsp3) is 0.190. The van der Waals surface area contributed by atoms with E-state index in [0.717, 1.165) is 27.7 Å². The van der Waals surface area contributed by atoms with Gasteiger partial charge in [-0.15, -0.1) is 0 Å². The highest BCUT2D eigenvalue weighted by Crippen LogP contribution is 2.36. The fourth-order valence-corrected chi connectivity index (χ4v) is 2.95. The van der Waals surface area contributed by atoms with Gasteiger partial charge in [-0.1, -0.05) is 24.8 Å². The Morgan fingerprint density at radius 2 is 2.00 bits per heavy atom. The van der Waals surface area contributed by atoms with Crippen LogP contribution in [0.4, 0.5) is 0 Å². The molecule has 3 aromatic rings. The third-order valence-electron chi connectivity index (χ3n) is 4.13. The van der Waals surface area contributed by atoms with Gasteiger partial charge in [-0.3, -0.25) is 4.79 Å². The van der Waals surface area contributed by atoms with Crippen molar-refractivity contribution in [1.82, 2.24) is 0 Å². The summed E-state index contributed by atoms with van der Waals surface area (Å²) in [4.78, 5) is 11.0. The molecule has 0 aliphatic rings. The normalized spacial score (nSPS) is 10.7. The first-order valence-corrected chi connectivity index (χ1v) is 8.16. The first kappa shape index (κ1) is 17.6. The number of carboxylic acids is 1. The van der Waals surface area contributed by atoms with Crippen LogP contribution in [0, 0.1) is 0 Å². The van der Waals surface area contributed by atoms with Crippen molar-refractivity contribution in [3.05, 3.63) is 65.9 Å². The number of hydrogen-bond acceptors (Lipinski definition) is 4. The molecular formula is C21H20O5. The van der Waals surface area contributed by atoms with Crippen LogP contribution in [0.1, 0.15) is 23.6 Å². The van der Waals surface area contributed by atoms with Crippen molar-refractivity contribution in [3.63, 3.8) is 0 Å². The van der Waals surface area contributed by atoms with Gasteiger partial charge in [0.15, 0.2) is 0 Å². The van der Waals surface area contributed by atoms with Crippen LogP contribution < -0.4 is 9.47 Å². The fourth-order valence-electron chi connectivity index (χ4n) is 2.95. The van der Waals surface area contributed by atoms with Gasteiger partial charge in [0.25, 0.3) is 0 Å². The Balaban J connectivity index is 1.97. The lowest BCUT2D eigenvalue weighted by molar-refractivity contribution is -0.136. The minimum atomic E-state index is -0.900. The van der Waals surface area contributed by atoms with Gasteiger partial charge >= 0.3 is 5.97 Å². The minimum absolute atomic E-state index is 0.0922. The average Bonchev–Trinajstić information content (AvgIpc) is 3.08.